The summed E-state index contributed by atoms with van der Waals surface area (Å²) in [5.41, 5.74) is 3.06. The fourth-order valence-corrected chi connectivity index (χ4v) is 2.26. The lowest BCUT2D eigenvalue weighted by atomic mass is 10.0. The van der Waals surface area contributed by atoms with Crippen molar-refractivity contribution in [3.8, 4) is 22.5 Å². The average Bonchev–Trinajstić information content (AvgIpc) is 2.93. The Balaban J connectivity index is 2.07. The summed E-state index contributed by atoms with van der Waals surface area (Å²) in [7, 11) is 1.77. The summed E-state index contributed by atoms with van der Waals surface area (Å²) >= 11 is 0. The number of anilines is 1. The van der Waals surface area contributed by atoms with Crippen molar-refractivity contribution in [2.45, 2.75) is 0 Å². The molecule has 1 amide bonds. The maximum absolute atomic E-state index is 10.9. The number of aryl methyl sites for hydroxylation is 1. The van der Waals surface area contributed by atoms with E-state index in [1.54, 1.807) is 23.9 Å². The minimum absolute atomic E-state index is 0.531. The Morgan fingerprint density at radius 1 is 1.14 bits per heavy atom. The molecule has 7 nitrogen and oxygen atoms in total. The van der Waals surface area contributed by atoms with Crippen LogP contribution in [0.5, 0.6) is 0 Å². The Morgan fingerprint density at radius 3 is 2.64 bits per heavy atom. The minimum Gasteiger partial charge on any atom is -0.465 e. The number of tetrazole rings is 1. The molecule has 0 fully saturated rings. The van der Waals surface area contributed by atoms with Crippen molar-refractivity contribution >= 4 is 11.8 Å². The molecule has 0 aliphatic carbocycles. The molecule has 2 aromatic carbocycles. The number of para-hydroxylation sites is 1. The first-order valence-electron chi connectivity index (χ1n) is 6.57. The Morgan fingerprint density at radius 2 is 1.91 bits per heavy atom. The van der Waals surface area contributed by atoms with Crippen LogP contribution in [0.25, 0.3) is 22.5 Å². The number of rotatable bonds is 3. The van der Waals surface area contributed by atoms with Gasteiger partial charge in [-0.25, -0.2) is 9.48 Å². The van der Waals surface area contributed by atoms with Crippen molar-refractivity contribution in [3.05, 3.63) is 48.5 Å². The fourth-order valence-electron chi connectivity index (χ4n) is 2.26. The molecule has 0 saturated carbocycles. The van der Waals surface area contributed by atoms with Gasteiger partial charge in [0.15, 0.2) is 5.82 Å². The number of benzene rings is 2. The Kier molecular flexibility index (Phi) is 3.53. The van der Waals surface area contributed by atoms with Gasteiger partial charge in [-0.05, 0) is 28.1 Å². The highest BCUT2D eigenvalue weighted by molar-refractivity contribution is 5.91. The zero-order valence-electron chi connectivity index (χ0n) is 11.8. The van der Waals surface area contributed by atoms with Gasteiger partial charge >= 0.3 is 6.09 Å². The lowest BCUT2D eigenvalue weighted by Gasteiger charge is -2.10. The van der Waals surface area contributed by atoms with Gasteiger partial charge in [0, 0.05) is 18.2 Å². The van der Waals surface area contributed by atoms with E-state index in [1.807, 2.05) is 36.4 Å². The first-order valence-corrected chi connectivity index (χ1v) is 6.57. The van der Waals surface area contributed by atoms with Crippen molar-refractivity contribution in [3.63, 3.8) is 0 Å². The molecule has 0 atom stereocenters. The summed E-state index contributed by atoms with van der Waals surface area (Å²) in [5, 5.41) is 22.8. The lowest BCUT2D eigenvalue weighted by Crippen LogP contribution is -2.08. The van der Waals surface area contributed by atoms with E-state index < -0.39 is 6.09 Å². The summed E-state index contributed by atoms with van der Waals surface area (Å²) in [6, 6.07) is 14.9. The van der Waals surface area contributed by atoms with Gasteiger partial charge in [0.1, 0.15) is 0 Å². The molecular weight excluding hydrogens is 282 g/mol. The number of aromatic nitrogens is 4. The van der Waals surface area contributed by atoms with Crippen LogP contribution >= 0.6 is 0 Å². The van der Waals surface area contributed by atoms with Crippen molar-refractivity contribution in [2.75, 3.05) is 5.32 Å². The zero-order valence-corrected chi connectivity index (χ0v) is 11.8. The third kappa shape index (κ3) is 2.64. The van der Waals surface area contributed by atoms with E-state index in [-0.39, 0.29) is 0 Å². The van der Waals surface area contributed by atoms with Crippen LogP contribution < -0.4 is 5.32 Å². The predicted octanol–water partition coefficient (Wildman–Crippen LogP) is 2.63. The highest BCUT2D eigenvalue weighted by Crippen LogP contribution is 2.30. The van der Waals surface area contributed by atoms with Crippen LogP contribution in [0.2, 0.25) is 0 Å². The number of carbonyl (C=O) groups is 1. The summed E-state index contributed by atoms with van der Waals surface area (Å²) in [4.78, 5) is 10.9. The second kappa shape index (κ2) is 5.65. The van der Waals surface area contributed by atoms with Gasteiger partial charge in [0.2, 0.25) is 0 Å². The minimum atomic E-state index is -1.10. The standard InChI is InChI=1S/C15H13N5O2/c1-20-14(17-18-19-20)11-6-4-5-10(9-11)12-7-2-3-8-13(12)16-15(21)22/h2-9,16H,1H3,(H,21,22). The maximum Gasteiger partial charge on any atom is 0.409 e. The molecule has 0 bridgehead atoms. The number of carboxylic acid groups (broad SMARTS) is 1. The molecule has 3 aromatic rings. The van der Waals surface area contributed by atoms with Crippen LogP contribution in [0, 0.1) is 0 Å². The van der Waals surface area contributed by atoms with Crippen LogP contribution in [0.4, 0.5) is 10.5 Å². The van der Waals surface area contributed by atoms with Crippen molar-refractivity contribution in [1.29, 1.82) is 0 Å². The number of hydrogen-bond donors (Lipinski definition) is 2. The molecule has 1 heterocycles. The van der Waals surface area contributed by atoms with Crippen molar-refractivity contribution < 1.29 is 9.90 Å². The van der Waals surface area contributed by atoms with E-state index in [1.165, 1.54) is 0 Å². The molecule has 0 spiro atoms. The van der Waals surface area contributed by atoms with E-state index in [4.69, 9.17) is 5.11 Å². The molecule has 110 valence electrons. The monoisotopic (exact) mass is 295 g/mol. The summed E-state index contributed by atoms with van der Waals surface area (Å²) < 4.78 is 1.58. The SMILES string of the molecule is Cn1nnnc1-c1cccc(-c2ccccc2NC(=O)O)c1. The van der Waals surface area contributed by atoms with Crippen LogP contribution in [0.15, 0.2) is 48.5 Å². The van der Waals surface area contributed by atoms with Gasteiger partial charge in [-0.15, -0.1) is 5.10 Å². The van der Waals surface area contributed by atoms with E-state index in [0.717, 1.165) is 16.7 Å². The molecular formula is C15H13N5O2. The summed E-state index contributed by atoms with van der Waals surface area (Å²) in [6.07, 6.45) is -1.10. The van der Waals surface area contributed by atoms with Crippen LogP contribution in [-0.4, -0.2) is 31.4 Å². The first-order chi connectivity index (χ1) is 10.6. The lowest BCUT2D eigenvalue weighted by molar-refractivity contribution is 0.210. The second-order valence-corrected chi connectivity index (χ2v) is 4.68. The fraction of sp³-hybridized carbons (Fsp3) is 0.0667. The van der Waals surface area contributed by atoms with E-state index >= 15 is 0 Å². The number of hydrogen-bond acceptors (Lipinski definition) is 4. The van der Waals surface area contributed by atoms with Gasteiger partial charge in [0.05, 0.1) is 5.69 Å². The molecule has 0 aliphatic heterocycles. The van der Waals surface area contributed by atoms with Crippen LogP contribution in [0.3, 0.4) is 0 Å². The highest BCUT2D eigenvalue weighted by Gasteiger charge is 2.10. The molecule has 0 unspecified atom stereocenters. The molecule has 1 aromatic heterocycles. The van der Waals surface area contributed by atoms with Crippen molar-refractivity contribution in [2.24, 2.45) is 7.05 Å². The van der Waals surface area contributed by atoms with E-state index in [9.17, 15) is 4.79 Å². The summed E-state index contributed by atoms with van der Waals surface area (Å²) in [5.74, 6) is 0.644. The number of nitrogens with zero attached hydrogens (tertiary/aromatic N) is 4. The highest BCUT2D eigenvalue weighted by atomic mass is 16.4. The van der Waals surface area contributed by atoms with Gasteiger partial charge in [-0.2, -0.15) is 0 Å². The molecule has 7 heteroatoms. The Labute approximate surface area is 126 Å². The summed E-state index contributed by atoms with van der Waals surface area (Å²) in [6.45, 7) is 0. The Bertz CT molecular complexity index is 828. The largest absolute Gasteiger partial charge is 0.465 e. The second-order valence-electron chi connectivity index (χ2n) is 4.68. The molecule has 2 N–H and O–H groups in total. The average molecular weight is 295 g/mol. The third-order valence-corrected chi connectivity index (χ3v) is 3.22. The Hall–Kier alpha value is -3.22. The molecule has 3 rings (SSSR count). The maximum atomic E-state index is 10.9. The zero-order chi connectivity index (χ0) is 15.5. The number of nitrogens with one attached hydrogen (secondary N) is 1. The van der Waals surface area contributed by atoms with E-state index in [2.05, 4.69) is 20.8 Å². The first kappa shape index (κ1) is 13.7. The predicted molar refractivity (Wildman–Crippen MR) is 81.3 cm³/mol. The molecule has 0 saturated heterocycles. The molecule has 22 heavy (non-hydrogen) atoms. The molecule has 0 radical (unpaired) electrons. The third-order valence-electron chi connectivity index (χ3n) is 3.22. The van der Waals surface area contributed by atoms with Gasteiger partial charge in [-0.3, -0.25) is 5.32 Å². The van der Waals surface area contributed by atoms with Gasteiger partial charge in [0.25, 0.3) is 0 Å². The van der Waals surface area contributed by atoms with Crippen LogP contribution in [0.1, 0.15) is 0 Å². The normalized spacial score (nSPS) is 10.4. The van der Waals surface area contributed by atoms with Gasteiger partial charge in [-0.1, -0.05) is 36.4 Å². The number of amides is 1. The quantitative estimate of drug-likeness (QED) is 0.774. The smallest absolute Gasteiger partial charge is 0.409 e. The van der Waals surface area contributed by atoms with Crippen molar-refractivity contribution in [1.82, 2.24) is 20.2 Å². The molecule has 0 aliphatic rings. The topological polar surface area (TPSA) is 92.9 Å². The van der Waals surface area contributed by atoms with E-state index in [0.29, 0.717) is 11.5 Å². The van der Waals surface area contributed by atoms with Crippen LogP contribution in [-0.2, 0) is 7.05 Å². The van der Waals surface area contributed by atoms with Gasteiger partial charge < -0.3 is 5.11 Å².